The molecule has 1 aromatic rings. The number of imidazole rings is 1. The van der Waals surface area contributed by atoms with Gasteiger partial charge in [-0.2, -0.15) is 0 Å². The number of nitrogens with zero attached hydrogens (tertiary/aromatic N) is 2. The van der Waals surface area contributed by atoms with Crippen molar-refractivity contribution in [2.45, 2.75) is 44.1 Å². The Labute approximate surface area is 112 Å². The zero-order valence-electron chi connectivity index (χ0n) is 10.9. The molecule has 4 aliphatic carbocycles. The van der Waals surface area contributed by atoms with Crippen molar-refractivity contribution in [2.75, 3.05) is 0 Å². The highest BCUT2D eigenvalue weighted by molar-refractivity contribution is 5.53. The first kappa shape index (κ1) is 12.5. The Balaban J connectivity index is 0.000000247. The molecule has 0 amide bonds. The van der Waals surface area contributed by atoms with E-state index in [1.165, 1.54) is 38.5 Å². The minimum Gasteiger partial charge on any atom is -0.450 e. The van der Waals surface area contributed by atoms with Crippen molar-refractivity contribution in [3.8, 4) is 0 Å². The molecule has 0 saturated heterocycles. The lowest BCUT2D eigenvalue weighted by molar-refractivity contribution is -0.0431. The first-order chi connectivity index (χ1) is 9.07. The lowest BCUT2D eigenvalue weighted by Gasteiger charge is -2.57. The molecule has 5 rings (SSSR count). The van der Waals surface area contributed by atoms with Gasteiger partial charge in [0.1, 0.15) is 0 Å². The summed E-state index contributed by atoms with van der Waals surface area (Å²) >= 11 is 0. The van der Waals surface area contributed by atoms with Crippen LogP contribution in [-0.4, -0.2) is 25.9 Å². The summed E-state index contributed by atoms with van der Waals surface area (Å²) in [4.78, 5) is 12.8. The van der Waals surface area contributed by atoms with E-state index in [1.54, 1.807) is 0 Å². The van der Waals surface area contributed by atoms with Crippen molar-refractivity contribution in [2.24, 2.45) is 17.8 Å². The quantitative estimate of drug-likeness (QED) is 0.817. The predicted molar refractivity (Wildman–Crippen MR) is 69.0 cm³/mol. The third kappa shape index (κ3) is 2.33. The van der Waals surface area contributed by atoms with E-state index in [9.17, 15) is 0 Å². The first-order valence-electron chi connectivity index (χ1n) is 6.98. The second-order valence-corrected chi connectivity index (χ2v) is 6.39. The highest BCUT2D eigenvalue weighted by Crippen LogP contribution is 2.58. The predicted octanol–water partition coefficient (Wildman–Crippen LogP) is 3.03. The number of hydrogen-bond acceptors (Lipinski definition) is 2. The van der Waals surface area contributed by atoms with Crippen LogP contribution in [0.15, 0.2) is 18.7 Å². The highest BCUT2D eigenvalue weighted by atomic mass is 16.6. The third-order valence-corrected chi connectivity index (χ3v) is 5.06. The van der Waals surface area contributed by atoms with Crippen LogP contribution < -0.4 is 0 Å². The lowest BCUT2D eigenvalue weighted by atomic mass is 9.53. The zero-order valence-corrected chi connectivity index (χ0v) is 10.9. The zero-order chi connectivity index (χ0) is 13.5. The molecule has 104 valence electrons. The molecule has 0 radical (unpaired) electrons. The molecule has 1 heterocycles. The van der Waals surface area contributed by atoms with Crippen molar-refractivity contribution in [3.05, 3.63) is 18.7 Å². The molecule has 5 heteroatoms. The Morgan fingerprint density at radius 2 is 1.58 bits per heavy atom. The van der Waals surface area contributed by atoms with E-state index in [-0.39, 0.29) is 0 Å². The van der Waals surface area contributed by atoms with Gasteiger partial charge in [0.05, 0.1) is 6.33 Å². The fourth-order valence-electron chi connectivity index (χ4n) is 4.92. The van der Waals surface area contributed by atoms with Gasteiger partial charge >= 0.3 is 6.16 Å². The molecular formula is C14H20N2O3. The molecule has 4 aliphatic rings. The van der Waals surface area contributed by atoms with E-state index >= 15 is 0 Å². The molecule has 4 fully saturated rings. The SMILES string of the molecule is O=C(O)O.c1cn(C23CC4CC(CC(C4)C2)C3)cn1. The van der Waals surface area contributed by atoms with Gasteiger partial charge in [0, 0.05) is 17.9 Å². The van der Waals surface area contributed by atoms with E-state index in [0.29, 0.717) is 5.54 Å². The molecule has 0 atom stereocenters. The summed E-state index contributed by atoms with van der Waals surface area (Å²) in [6.45, 7) is 0. The van der Waals surface area contributed by atoms with Crippen molar-refractivity contribution >= 4 is 6.16 Å². The van der Waals surface area contributed by atoms with Gasteiger partial charge in [-0.05, 0) is 56.3 Å². The molecule has 5 nitrogen and oxygen atoms in total. The largest absolute Gasteiger partial charge is 0.503 e. The molecule has 1 aromatic heterocycles. The Hall–Kier alpha value is -1.52. The van der Waals surface area contributed by atoms with Gasteiger partial charge in [0.25, 0.3) is 0 Å². The average Bonchev–Trinajstić information content (AvgIpc) is 2.79. The number of hydrogen-bond donors (Lipinski definition) is 2. The molecule has 2 N–H and O–H groups in total. The van der Waals surface area contributed by atoms with Crippen LogP contribution in [0.2, 0.25) is 0 Å². The number of aromatic nitrogens is 2. The van der Waals surface area contributed by atoms with Crippen LogP contribution in [0.25, 0.3) is 0 Å². The van der Waals surface area contributed by atoms with Crippen LogP contribution in [0, 0.1) is 17.8 Å². The van der Waals surface area contributed by atoms with Gasteiger partial charge in [-0.25, -0.2) is 9.78 Å². The Kier molecular flexibility index (Phi) is 2.99. The Morgan fingerprint density at radius 3 is 1.95 bits per heavy atom. The molecule has 0 aromatic carbocycles. The minimum atomic E-state index is -1.83. The normalized spacial score (nSPS) is 38.6. The fourth-order valence-corrected chi connectivity index (χ4v) is 4.92. The van der Waals surface area contributed by atoms with Crippen LogP contribution in [-0.2, 0) is 5.54 Å². The van der Waals surface area contributed by atoms with Crippen LogP contribution in [0.3, 0.4) is 0 Å². The topological polar surface area (TPSA) is 75.3 Å². The van der Waals surface area contributed by atoms with E-state index in [0.717, 1.165) is 17.8 Å². The Morgan fingerprint density at radius 1 is 1.11 bits per heavy atom. The number of carbonyl (C=O) groups is 1. The van der Waals surface area contributed by atoms with Crippen molar-refractivity contribution in [1.82, 2.24) is 9.55 Å². The minimum absolute atomic E-state index is 0.477. The molecule has 4 bridgehead atoms. The average molecular weight is 264 g/mol. The summed E-state index contributed by atoms with van der Waals surface area (Å²) in [7, 11) is 0. The summed E-state index contributed by atoms with van der Waals surface area (Å²) in [5.74, 6) is 3.08. The van der Waals surface area contributed by atoms with Gasteiger partial charge in [0.15, 0.2) is 0 Å². The monoisotopic (exact) mass is 264 g/mol. The fraction of sp³-hybridized carbons (Fsp3) is 0.714. The number of rotatable bonds is 1. The molecule has 0 unspecified atom stereocenters. The second-order valence-electron chi connectivity index (χ2n) is 6.39. The van der Waals surface area contributed by atoms with E-state index in [2.05, 4.69) is 15.7 Å². The summed E-state index contributed by atoms with van der Waals surface area (Å²) in [6.07, 6.45) is 13.2. The van der Waals surface area contributed by atoms with Crippen LogP contribution in [0.1, 0.15) is 38.5 Å². The summed E-state index contributed by atoms with van der Waals surface area (Å²) < 4.78 is 2.43. The van der Waals surface area contributed by atoms with Crippen LogP contribution >= 0.6 is 0 Å². The smallest absolute Gasteiger partial charge is 0.450 e. The summed E-state index contributed by atoms with van der Waals surface area (Å²) in [5.41, 5.74) is 0.477. The number of carboxylic acid groups (broad SMARTS) is 2. The van der Waals surface area contributed by atoms with E-state index in [1.807, 2.05) is 12.5 Å². The molecule has 0 spiro atoms. The van der Waals surface area contributed by atoms with Gasteiger partial charge in [-0.3, -0.25) is 0 Å². The standard InChI is InChI=1S/C13H18N2.CH2O3/c1-2-15(9-14-1)13-6-10-3-11(7-13)5-12(4-10)8-13;2-1(3)4/h1-2,9-12H,3-8H2;(H2,2,3,4). The summed E-state index contributed by atoms with van der Waals surface area (Å²) in [5, 5.41) is 13.9. The lowest BCUT2D eigenvalue weighted by Crippen LogP contribution is -2.51. The summed E-state index contributed by atoms with van der Waals surface area (Å²) in [6, 6.07) is 0. The first-order valence-corrected chi connectivity index (χ1v) is 6.98. The molecule has 19 heavy (non-hydrogen) atoms. The van der Waals surface area contributed by atoms with Crippen LogP contribution in [0.5, 0.6) is 0 Å². The maximum absolute atomic E-state index is 8.56. The maximum atomic E-state index is 8.56. The molecular weight excluding hydrogens is 244 g/mol. The van der Waals surface area contributed by atoms with Gasteiger partial charge in [-0.1, -0.05) is 0 Å². The van der Waals surface area contributed by atoms with Crippen molar-refractivity contribution < 1.29 is 15.0 Å². The van der Waals surface area contributed by atoms with Crippen LogP contribution in [0.4, 0.5) is 4.79 Å². The highest BCUT2D eigenvalue weighted by Gasteiger charge is 2.51. The van der Waals surface area contributed by atoms with Gasteiger partial charge in [-0.15, -0.1) is 0 Å². The molecule has 0 aliphatic heterocycles. The van der Waals surface area contributed by atoms with Crippen molar-refractivity contribution in [3.63, 3.8) is 0 Å². The van der Waals surface area contributed by atoms with Gasteiger partial charge in [0.2, 0.25) is 0 Å². The maximum Gasteiger partial charge on any atom is 0.503 e. The third-order valence-electron chi connectivity index (χ3n) is 5.06. The Bertz CT molecular complexity index is 416. The second kappa shape index (κ2) is 4.54. The van der Waals surface area contributed by atoms with Crippen molar-refractivity contribution in [1.29, 1.82) is 0 Å². The van der Waals surface area contributed by atoms with Gasteiger partial charge < -0.3 is 14.8 Å². The molecule has 4 saturated carbocycles. The van der Waals surface area contributed by atoms with E-state index < -0.39 is 6.16 Å². The van der Waals surface area contributed by atoms with E-state index in [4.69, 9.17) is 15.0 Å².